The van der Waals surface area contributed by atoms with Gasteiger partial charge in [0.2, 0.25) is 0 Å². The van der Waals surface area contributed by atoms with Gasteiger partial charge in [-0.3, -0.25) is 0 Å². The van der Waals surface area contributed by atoms with Gasteiger partial charge < -0.3 is 14.7 Å². The smallest absolute Gasteiger partial charge is 0.410 e. The molecule has 2 rings (SSSR count). The lowest BCUT2D eigenvalue weighted by Crippen LogP contribution is -2.39. The van der Waals surface area contributed by atoms with Crippen molar-refractivity contribution in [3.05, 3.63) is 35.9 Å². The summed E-state index contributed by atoms with van der Waals surface area (Å²) in [4.78, 5) is 13.8. The summed E-state index contributed by atoms with van der Waals surface area (Å²) in [6.45, 7) is 6.82. The Kier molecular flexibility index (Phi) is 5.41. The van der Waals surface area contributed by atoms with Crippen LogP contribution in [0.4, 0.5) is 4.79 Å². The predicted octanol–water partition coefficient (Wildman–Crippen LogP) is 4.05. The third kappa shape index (κ3) is 4.81. The lowest BCUT2D eigenvalue weighted by Gasteiger charge is -2.30. The van der Waals surface area contributed by atoms with Crippen LogP contribution in [0.5, 0.6) is 5.75 Å². The molecule has 0 atom stereocenters. The minimum atomic E-state index is -0.475. The molecule has 1 aromatic rings. The van der Waals surface area contributed by atoms with E-state index in [1.807, 2.05) is 32.9 Å². The molecule has 0 aromatic heterocycles. The molecule has 21 heavy (non-hydrogen) atoms. The number of ether oxygens (including phenoxy) is 1. The van der Waals surface area contributed by atoms with Crippen LogP contribution in [0.25, 0.3) is 5.57 Å². The quantitative estimate of drug-likeness (QED) is 0.849. The van der Waals surface area contributed by atoms with Crippen LogP contribution < -0.4 is 0 Å². The molecule has 1 heterocycles. The van der Waals surface area contributed by atoms with Crippen LogP contribution in [0.1, 0.15) is 40.2 Å². The van der Waals surface area contributed by atoms with Gasteiger partial charge in [0.15, 0.2) is 0 Å². The van der Waals surface area contributed by atoms with E-state index < -0.39 is 5.60 Å². The number of nitrogens with zero attached hydrogens (tertiary/aromatic N) is 1. The third-order valence-corrected chi connectivity index (χ3v) is 3.04. The number of amides is 1. The maximum Gasteiger partial charge on any atom is 0.410 e. The monoisotopic (exact) mass is 291 g/mol. The van der Waals surface area contributed by atoms with E-state index in [-0.39, 0.29) is 19.3 Å². The minimum absolute atomic E-state index is 0. The Morgan fingerprint density at radius 3 is 2.43 bits per heavy atom. The second-order valence-corrected chi connectivity index (χ2v) is 5.97. The van der Waals surface area contributed by atoms with Crippen molar-refractivity contribution in [3.8, 4) is 5.75 Å². The Morgan fingerprint density at radius 2 is 1.86 bits per heavy atom. The van der Waals surface area contributed by atoms with Crippen LogP contribution in [-0.4, -0.2) is 34.8 Å². The van der Waals surface area contributed by atoms with Crippen molar-refractivity contribution < 1.29 is 14.6 Å². The molecular weight excluding hydrogens is 266 g/mol. The van der Waals surface area contributed by atoms with Gasteiger partial charge in [-0.05, 0) is 50.5 Å². The number of hydrogen-bond donors (Lipinski definition) is 1. The zero-order valence-corrected chi connectivity index (χ0v) is 12.2. The van der Waals surface area contributed by atoms with Gasteiger partial charge in [0, 0.05) is 13.1 Å². The SMILES string of the molecule is C.CC(C)(C)OC(=O)N1CCC=C(c2ccc(O)cc2)C1. The van der Waals surface area contributed by atoms with Gasteiger partial charge in [-0.1, -0.05) is 25.6 Å². The summed E-state index contributed by atoms with van der Waals surface area (Å²) >= 11 is 0. The van der Waals surface area contributed by atoms with E-state index in [0.29, 0.717) is 13.1 Å². The fourth-order valence-electron chi connectivity index (χ4n) is 2.11. The Hall–Kier alpha value is -1.97. The van der Waals surface area contributed by atoms with Gasteiger partial charge in [0.05, 0.1) is 0 Å². The highest BCUT2D eigenvalue weighted by Gasteiger charge is 2.24. The van der Waals surface area contributed by atoms with Crippen LogP contribution in [0.3, 0.4) is 0 Å². The molecule has 1 amide bonds. The molecule has 0 bridgehead atoms. The standard InChI is InChI=1S/C16H21NO3.CH4/c1-16(2,3)20-15(19)17-10-4-5-13(11-17)12-6-8-14(18)9-7-12;/h5-9,18H,4,10-11H2,1-3H3;1H4. The van der Waals surface area contributed by atoms with E-state index in [1.165, 1.54) is 0 Å². The molecule has 0 aliphatic carbocycles. The second-order valence-electron chi connectivity index (χ2n) is 5.97. The average molecular weight is 291 g/mol. The minimum Gasteiger partial charge on any atom is -0.508 e. The van der Waals surface area contributed by atoms with Crippen molar-refractivity contribution in [1.82, 2.24) is 4.90 Å². The number of aromatic hydroxyl groups is 1. The average Bonchev–Trinajstić information content (AvgIpc) is 2.38. The van der Waals surface area contributed by atoms with E-state index in [0.717, 1.165) is 17.6 Å². The molecule has 1 aromatic carbocycles. The van der Waals surface area contributed by atoms with Crippen LogP contribution in [0.15, 0.2) is 30.3 Å². The molecule has 0 fully saturated rings. The van der Waals surface area contributed by atoms with Crippen LogP contribution in [0, 0.1) is 0 Å². The predicted molar refractivity (Wildman–Crippen MR) is 85.2 cm³/mol. The van der Waals surface area contributed by atoms with E-state index in [1.54, 1.807) is 17.0 Å². The Morgan fingerprint density at radius 1 is 1.24 bits per heavy atom. The van der Waals surface area contributed by atoms with Crippen molar-refractivity contribution in [1.29, 1.82) is 0 Å². The fraction of sp³-hybridized carbons (Fsp3) is 0.471. The number of phenols is 1. The molecule has 0 unspecified atom stereocenters. The highest BCUT2D eigenvalue weighted by molar-refractivity contribution is 5.75. The number of phenolic OH excluding ortho intramolecular Hbond substituents is 1. The van der Waals surface area contributed by atoms with Crippen molar-refractivity contribution in [2.45, 2.75) is 40.2 Å². The number of benzene rings is 1. The first-order valence-electron chi connectivity index (χ1n) is 6.81. The highest BCUT2D eigenvalue weighted by Crippen LogP contribution is 2.23. The van der Waals surface area contributed by atoms with E-state index in [4.69, 9.17) is 4.74 Å². The zero-order chi connectivity index (χ0) is 14.8. The molecule has 0 spiro atoms. The molecule has 4 nitrogen and oxygen atoms in total. The first-order valence-corrected chi connectivity index (χ1v) is 6.81. The molecule has 0 saturated heterocycles. The lowest BCUT2D eigenvalue weighted by molar-refractivity contribution is 0.0273. The Balaban J connectivity index is 0.00000220. The topological polar surface area (TPSA) is 49.8 Å². The Labute approximate surface area is 127 Å². The highest BCUT2D eigenvalue weighted by atomic mass is 16.6. The van der Waals surface area contributed by atoms with Gasteiger partial charge >= 0.3 is 6.09 Å². The summed E-state index contributed by atoms with van der Waals surface area (Å²) in [5.74, 6) is 0.245. The summed E-state index contributed by atoms with van der Waals surface area (Å²) < 4.78 is 5.40. The van der Waals surface area contributed by atoms with Crippen molar-refractivity contribution in [3.63, 3.8) is 0 Å². The fourth-order valence-corrected chi connectivity index (χ4v) is 2.11. The first kappa shape index (κ1) is 17.1. The van der Waals surface area contributed by atoms with Gasteiger partial charge in [0.1, 0.15) is 11.4 Å². The zero-order valence-electron chi connectivity index (χ0n) is 12.2. The van der Waals surface area contributed by atoms with E-state index in [9.17, 15) is 9.90 Å². The van der Waals surface area contributed by atoms with Crippen molar-refractivity contribution >= 4 is 11.7 Å². The molecule has 1 aliphatic heterocycles. The maximum absolute atomic E-state index is 12.1. The summed E-state index contributed by atoms with van der Waals surface area (Å²) in [6, 6.07) is 7.03. The summed E-state index contributed by atoms with van der Waals surface area (Å²) in [6.07, 6.45) is 2.67. The molecule has 116 valence electrons. The first-order chi connectivity index (χ1) is 9.35. The molecule has 1 N–H and O–H groups in total. The summed E-state index contributed by atoms with van der Waals surface area (Å²) in [7, 11) is 0. The van der Waals surface area contributed by atoms with Crippen LogP contribution in [-0.2, 0) is 4.74 Å². The number of hydrogen-bond acceptors (Lipinski definition) is 3. The molecule has 1 aliphatic rings. The lowest BCUT2D eigenvalue weighted by atomic mass is 10.0. The van der Waals surface area contributed by atoms with Gasteiger partial charge in [0.25, 0.3) is 0 Å². The normalized spacial score (nSPS) is 15.0. The molecule has 0 radical (unpaired) electrons. The van der Waals surface area contributed by atoms with Gasteiger partial charge in [-0.15, -0.1) is 0 Å². The maximum atomic E-state index is 12.1. The van der Waals surface area contributed by atoms with Crippen molar-refractivity contribution in [2.75, 3.05) is 13.1 Å². The Bertz CT molecular complexity index is 512. The van der Waals surface area contributed by atoms with Crippen LogP contribution in [0.2, 0.25) is 0 Å². The summed E-state index contributed by atoms with van der Waals surface area (Å²) in [5, 5.41) is 9.32. The molecular formula is C17H25NO3. The number of rotatable bonds is 1. The largest absolute Gasteiger partial charge is 0.508 e. The number of carbonyl (C=O) groups is 1. The van der Waals surface area contributed by atoms with Gasteiger partial charge in [-0.25, -0.2) is 4.79 Å². The van der Waals surface area contributed by atoms with Crippen molar-refractivity contribution in [2.24, 2.45) is 0 Å². The van der Waals surface area contributed by atoms with Crippen LogP contribution >= 0.6 is 0 Å². The third-order valence-electron chi connectivity index (χ3n) is 3.04. The molecule has 0 saturated carbocycles. The van der Waals surface area contributed by atoms with E-state index in [2.05, 4.69) is 6.08 Å². The number of carbonyl (C=O) groups excluding carboxylic acids is 1. The molecule has 4 heteroatoms. The summed E-state index contributed by atoms with van der Waals surface area (Å²) in [5.41, 5.74) is 1.63. The second kappa shape index (κ2) is 6.66. The van der Waals surface area contributed by atoms with E-state index >= 15 is 0 Å². The van der Waals surface area contributed by atoms with Gasteiger partial charge in [-0.2, -0.15) is 0 Å².